The summed E-state index contributed by atoms with van der Waals surface area (Å²) in [7, 11) is 1.61. The molecule has 0 spiro atoms. The molecular weight excluding hydrogens is 477 g/mol. The van der Waals surface area contributed by atoms with Crippen LogP contribution in [-0.4, -0.2) is 12.2 Å². The number of rotatable bonds is 7. The van der Waals surface area contributed by atoms with Crippen molar-refractivity contribution in [2.75, 3.05) is 12.4 Å². The number of nitrogens with one attached hydrogen (secondary N) is 1. The van der Waals surface area contributed by atoms with Gasteiger partial charge in [0.2, 0.25) is 0 Å². The van der Waals surface area contributed by atoms with Crippen molar-refractivity contribution in [1.29, 1.82) is 0 Å². The molecule has 0 aliphatic carbocycles. The first-order valence-electron chi connectivity index (χ1n) is 8.84. The molecule has 3 rings (SSSR count). The maximum atomic E-state index is 9.73. The molecule has 7 heteroatoms. The van der Waals surface area contributed by atoms with Crippen molar-refractivity contribution in [1.82, 2.24) is 0 Å². The highest BCUT2D eigenvalue weighted by Gasteiger charge is 2.16. The van der Waals surface area contributed by atoms with E-state index in [0.717, 1.165) is 15.6 Å². The summed E-state index contributed by atoms with van der Waals surface area (Å²) in [5.74, 6) is 1.15. The maximum absolute atomic E-state index is 9.73. The Balaban J connectivity index is 1.85. The Hall–Kier alpha value is -2.08. The maximum Gasteiger partial charge on any atom is 0.167 e. The molecule has 0 fully saturated rings. The standard InChI is InChI=1S/C22H20BrCl2NO3/c1-13-4-3-5-14(8-13)12-29-22-16(17(23)6-7-20(22)28-2)11-26-15-9-18(24)21(27)19(25)10-15/h3-10,26-27H,11-12H2,1-2H3. The minimum atomic E-state index is -0.136. The van der Waals surface area contributed by atoms with Crippen molar-refractivity contribution in [2.45, 2.75) is 20.1 Å². The van der Waals surface area contributed by atoms with Crippen LogP contribution in [0.5, 0.6) is 17.2 Å². The molecule has 4 nitrogen and oxygen atoms in total. The molecular formula is C22H20BrCl2NO3. The molecule has 0 radical (unpaired) electrons. The molecule has 0 saturated carbocycles. The van der Waals surface area contributed by atoms with Crippen LogP contribution in [0, 0.1) is 6.92 Å². The number of aromatic hydroxyl groups is 1. The van der Waals surface area contributed by atoms with Crippen molar-refractivity contribution < 1.29 is 14.6 Å². The molecule has 0 aliphatic rings. The number of anilines is 1. The number of phenolic OH excluding ortho intramolecular Hbond substituents is 1. The summed E-state index contributed by atoms with van der Waals surface area (Å²) in [5, 5.41) is 13.4. The third-order valence-corrected chi connectivity index (χ3v) is 5.66. The summed E-state index contributed by atoms with van der Waals surface area (Å²) >= 11 is 15.6. The van der Waals surface area contributed by atoms with Gasteiger partial charge in [-0.05, 0) is 36.8 Å². The van der Waals surface area contributed by atoms with Gasteiger partial charge < -0.3 is 19.9 Å². The number of hydrogen-bond acceptors (Lipinski definition) is 4. The lowest BCUT2D eigenvalue weighted by atomic mass is 10.1. The number of halogens is 3. The second kappa shape index (κ2) is 9.61. The van der Waals surface area contributed by atoms with Crippen molar-refractivity contribution in [3.63, 3.8) is 0 Å². The molecule has 29 heavy (non-hydrogen) atoms. The summed E-state index contributed by atoms with van der Waals surface area (Å²) in [6.07, 6.45) is 0. The summed E-state index contributed by atoms with van der Waals surface area (Å²) in [5.41, 5.74) is 3.81. The predicted octanol–water partition coefficient (Wildman–Crippen LogP) is 6.97. The molecule has 0 amide bonds. The molecule has 0 atom stereocenters. The molecule has 0 unspecified atom stereocenters. The fraction of sp³-hybridized carbons (Fsp3) is 0.182. The van der Waals surface area contributed by atoms with Gasteiger partial charge in [-0.25, -0.2) is 0 Å². The first-order valence-corrected chi connectivity index (χ1v) is 10.4. The van der Waals surface area contributed by atoms with Gasteiger partial charge in [0.25, 0.3) is 0 Å². The third-order valence-electron chi connectivity index (χ3n) is 4.34. The van der Waals surface area contributed by atoms with Gasteiger partial charge in [-0.2, -0.15) is 0 Å². The van der Waals surface area contributed by atoms with Crippen molar-refractivity contribution >= 4 is 44.8 Å². The van der Waals surface area contributed by atoms with Crippen LogP contribution >= 0.6 is 39.1 Å². The number of phenols is 1. The van der Waals surface area contributed by atoms with E-state index in [4.69, 9.17) is 32.7 Å². The number of aryl methyl sites for hydroxylation is 1. The average Bonchev–Trinajstić information content (AvgIpc) is 2.69. The molecule has 0 bridgehead atoms. The lowest BCUT2D eigenvalue weighted by Gasteiger charge is -2.18. The second-order valence-electron chi connectivity index (χ2n) is 6.48. The topological polar surface area (TPSA) is 50.7 Å². The fourth-order valence-corrected chi connectivity index (χ4v) is 3.82. The van der Waals surface area contributed by atoms with E-state index in [0.29, 0.717) is 30.3 Å². The minimum Gasteiger partial charge on any atom is -0.505 e. The van der Waals surface area contributed by atoms with Crippen molar-refractivity contribution in [3.05, 3.63) is 79.7 Å². The van der Waals surface area contributed by atoms with Crippen molar-refractivity contribution in [3.8, 4) is 17.2 Å². The SMILES string of the molecule is COc1ccc(Br)c(CNc2cc(Cl)c(O)c(Cl)c2)c1OCc1cccc(C)c1. The van der Waals surface area contributed by atoms with Gasteiger partial charge in [0, 0.05) is 22.3 Å². The average molecular weight is 497 g/mol. The predicted molar refractivity (Wildman–Crippen MR) is 122 cm³/mol. The van der Waals surface area contributed by atoms with Gasteiger partial charge in [0.05, 0.1) is 17.2 Å². The van der Waals surface area contributed by atoms with E-state index >= 15 is 0 Å². The van der Waals surface area contributed by atoms with E-state index < -0.39 is 0 Å². The van der Waals surface area contributed by atoms with E-state index in [1.807, 2.05) is 37.3 Å². The second-order valence-corrected chi connectivity index (χ2v) is 8.15. The van der Waals surface area contributed by atoms with Gasteiger partial charge in [-0.1, -0.05) is 69.0 Å². The van der Waals surface area contributed by atoms with Crippen LogP contribution in [0.3, 0.4) is 0 Å². The Morgan fingerprint density at radius 3 is 2.45 bits per heavy atom. The molecule has 152 valence electrons. The quantitative estimate of drug-likeness (QED) is 0.347. The van der Waals surface area contributed by atoms with E-state index in [2.05, 4.69) is 27.3 Å². The number of ether oxygens (including phenoxy) is 2. The summed E-state index contributed by atoms with van der Waals surface area (Å²) in [4.78, 5) is 0. The van der Waals surface area contributed by atoms with Gasteiger partial charge in [0.15, 0.2) is 17.2 Å². The van der Waals surface area contributed by atoms with Crippen LogP contribution in [0.15, 0.2) is 53.0 Å². The van der Waals surface area contributed by atoms with Crippen LogP contribution in [0.4, 0.5) is 5.69 Å². The number of methoxy groups -OCH3 is 1. The van der Waals surface area contributed by atoms with Crippen LogP contribution < -0.4 is 14.8 Å². The van der Waals surface area contributed by atoms with E-state index in [-0.39, 0.29) is 15.8 Å². The number of benzene rings is 3. The van der Waals surface area contributed by atoms with Gasteiger partial charge in [0.1, 0.15) is 6.61 Å². The smallest absolute Gasteiger partial charge is 0.167 e. The van der Waals surface area contributed by atoms with Gasteiger partial charge in [-0.15, -0.1) is 0 Å². The zero-order valence-corrected chi connectivity index (χ0v) is 19.0. The van der Waals surface area contributed by atoms with Gasteiger partial charge in [-0.3, -0.25) is 0 Å². The van der Waals surface area contributed by atoms with Crippen LogP contribution in [-0.2, 0) is 13.2 Å². The first kappa shape index (κ1) is 21.6. The highest BCUT2D eigenvalue weighted by atomic mass is 79.9. The zero-order valence-electron chi connectivity index (χ0n) is 15.9. The monoisotopic (exact) mass is 495 g/mol. The Kier molecular flexibility index (Phi) is 7.17. The van der Waals surface area contributed by atoms with Crippen molar-refractivity contribution in [2.24, 2.45) is 0 Å². The molecule has 0 aliphatic heterocycles. The lowest BCUT2D eigenvalue weighted by Crippen LogP contribution is -2.06. The summed E-state index contributed by atoms with van der Waals surface area (Å²) < 4.78 is 12.5. The van der Waals surface area contributed by atoms with E-state index in [1.165, 1.54) is 5.56 Å². The summed E-state index contributed by atoms with van der Waals surface area (Å²) in [6.45, 7) is 2.89. The lowest BCUT2D eigenvalue weighted by molar-refractivity contribution is 0.281. The summed E-state index contributed by atoms with van der Waals surface area (Å²) in [6, 6.07) is 15.2. The minimum absolute atomic E-state index is 0.136. The van der Waals surface area contributed by atoms with E-state index in [9.17, 15) is 5.11 Å². The highest BCUT2D eigenvalue weighted by molar-refractivity contribution is 9.10. The highest BCUT2D eigenvalue weighted by Crippen LogP contribution is 2.38. The largest absolute Gasteiger partial charge is 0.505 e. The molecule has 3 aromatic carbocycles. The number of hydrogen-bond donors (Lipinski definition) is 2. The molecule has 0 saturated heterocycles. The van der Waals surface area contributed by atoms with Crippen LogP contribution in [0.2, 0.25) is 10.0 Å². The molecule has 0 heterocycles. The van der Waals surface area contributed by atoms with Crippen LogP contribution in [0.1, 0.15) is 16.7 Å². The molecule has 3 aromatic rings. The normalized spacial score (nSPS) is 10.7. The Morgan fingerprint density at radius 2 is 1.79 bits per heavy atom. The third kappa shape index (κ3) is 5.30. The Bertz CT molecular complexity index is 1000. The zero-order chi connectivity index (χ0) is 21.0. The van der Waals surface area contributed by atoms with Gasteiger partial charge >= 0.3 is 0 Å². The molecule has 2 N–H and O–H groups in total. The Morgan fingerprint density at radius 1 is 1.07 bits per heavy atom. The first-order chi connectivity index (χ1) is 13.9. The van der Waals surface area contributed by atoms with E-state index in [1.54, 1.807) is 19.2 Å². The fourth-order valence-electron chi connectivity index (χ4n) is 2.88. The van der Waals surface area contributed by atoms with Crippen LogP contribution in [0.25, 0.3) is 0 Å². The molecule has 0 aromatic heterocycles. The Labute approximate surface area is 188 Å².